The largest absolute Gasteiger partial charge is 0.313 e. The average Bonchev–Trinajstić information content (AvgIpc) is 2.31. The zero-order valence-electron chi connectivity index (χ0n) is 11.1. The van der Waals surface area contributed by atoms with Gasteiger partial charge in [-0.2, -0.15) is 0 Å². The molecule has 0 bridgehead atoms. The third-order valence-electron chi connectivity index (χ3n) is 3.44. The fourth-order valence-electron chi connectivity index (χ4n) is 2.30. The quantitative estimate of drug-likeness (QED) is 0.768. The molecule has 0 fully saturated rings. The first-order chi connectivity index (χ1) is 7.62. The minimum absolute atomic E-state index is 0.200. The average molecular weight is 219 g/mol. The molecule has 1 nitrogen and oxygen atoms in total. The van der Waals surface area contributed by atoms with Crippen molar-refractivity contribution in [3.05, 3.63) is 35.9 Å². The lowest BCUT2D eigenvalue weighted by Gasteiger charge is -2.35. The first kappa shape index (κ1) is 13.2. The van der Waals surface area contributed by atoms with E-state index in [1.165, 1.54) is 18.4 Å². The van der Waals surface area contributed by atoms with E-state index in [0.717, 1.165) is 6.54 Å². The van der Waals surface area contributed by atoms with E-state index in [2.05, 4.69) is 63.3 Å². The minimum Gasteiger partial charge on any atom is -0.313 e. The Morgan fingerprint density at radius 3 is 2.25 bits per heavy atom. The van der Waals surface area contributed by atoms with E-state index in [1.807, 2.05) is 0 Å². The van der Waals surface area contributed by atoms with Gasteiger partial charge < -0.3 is 5.32 Å². The van der Waals surface area contributed by atoms with Crippen molar-refractivity contribution in [3.8, 4) is 0 Å². The summed E-state index contributed by atoms with van der Waals surface area (Å²) in [4.78, 5) is 0. The molecule has 0 spiro atoms. The van der Waals surface area contributed by atoms with E-state index < -0.39 is 0 Å². The molecule has 1 N–H and O–H groups in total. The highest BCUT2D eigenvalue weighted by molar-refractivity contribution is 5.25. The number of nitrogens with one attached hydrogen (secondary N) is 1. The summed E-state index contributed by atoms with van der Waals surface area (Å²) in [7, 11) is 0. The molecular formula is C15H25N. The van der Waals surface area contributed by atoms with Crippen LogP contribution >= 0.6 is 0 Å². The van der Waals surface area contributed by atoms with Gasteiger partial charge in [0.25, 0.3) is 0 Å². The zero-order chi connectivity index (χ0) is 12.0. The van der Waals surface area contributed by atoms with Crippen molar-refractivity contribution in [2.75, 3.05) is 6.54 Å². The van der Waals surface area contributed by atoms with Gasteiger partial charge in [0.15, 0.2) is 0 Å². The van der Waals surface area contributed by atoms with Gasteiger partial charge in [-0.1, -0.05) is 58.0 Å². The Bertz CT molecular complexity index is 290. The van der Waals surface area contributed by atoms with Crippen LogP contribution in [0.25, 0.3) is 0 Å². The fraction of sp³-hybridized carbons (Fsp3) is 0.600. The summed E-state index contributed by atoms with van der Waals surface area (Å²) in [6, 6.07) is 11.4. The molecule has 0 aliphatic rings. The fourth-order valence-corrected chi connectivity index (χ4v) is 2.30. The summed E-state index contributed by atoms with van der Waals surface area (Å²) in [5.41, 5.74) is 1.62. The van der Waals surface area contributed by atoms with Crippen molar-refractivity contribution < 1.29 is 0 Å². The van der Waals surface area contributed by atoms with Gasteiger partial charge in [-0.05, 0) is 24.9 Å². The predicted molar refractivity (Wildman–Crippen MR) is 71.8 cm³/mol. The van der Waals surface area contributed by atoms with E-state index >= 15 is 0 Å². The number of benzene rings is 1. The molecule has 0 aliphatic heterocycles. The molecule has 0 radical (unpaired) electrons. The molecule has 90 valence electrons. The summed E-state index contributed by atoms with van der Waals surface area (Å²) in [5.74, 6) is 0. The SMILES string of the molecule is CCCNC(CC)C(C)(C)c1ccccc1. The Balaban J connectivity index is 2.81. The Labute approximate surface area is 100 Å². The number of rotatable bonds is 6. The van der Waals surface area contributed by atoms with Gasteiger partial charge in [-0.25, -0.2) is 0 Å². The maximum atomic E-state index is 3.66. The van der Waals surface area contributed by atoms with Crippen LogP contribution in [-0.2, 0) is 5.41 Å². The molecule has 0 saturated heterocycles. The normalized spacial score (nSPS) is 13.8. The van der Waals surface area contributed by atoms with Crippen LogP contribution in [0.15, 0.2) is 30.3 Å². The van der Waals surface area contributed by atoms with Crippen LogP contribution in [0.2, 0.25) is 0 Å². The molecule has 0 saturated carbocycles. The van der Waals surface area contributed by atoms with Gasteiger partial charge in [0.05, 0.1) is 0 Å². The predicted octanol–water partition coefficient (Wildman–Crippen LogP) is 3.74. The second-order valence-electron chi connectivity index (χ2n) is 5.00. The lowest BCUT2D eigenvalue weighted by molar-refractivity contribution is 0.331. The van der Waals surface area contributed by atoms with Gasteiger partial charge >= 0.3 is 0 Å². The molecule has 0 aromatic heterocycles. The van der Waals surface area contributed by atoms with Gasteiger partial charge in [0, 0.05) is 11.5 Å². The summed E-state index contributed by atoms with van der Waals surface area (Å²) >= 11 is 0. The lowest BCUT2D eigenvalue weighted by Crippen LogP contribution is -2.44. The highest BCUT2D eigenvalue weighted by Gasteiger charge is 2.29. The van der Waals surface area contributed by atoms with Crippen LogP contribution in [0, 0.1) is 0 Å². The van der Waals surface area contributed by atoms with Crippen LogP contribution in [0.4, 0.5) is 0 Å². The standard InChI is InChI=1S/C15H25N/c1-5-12-16-14(6-2)15(3,4)13-10-8-7-9-11-13/h7-11,14,16H,5-6,12H2,1-4H3. The maximum Gasteiger partial charge on any atom is 0.0156 e. The highest BCUT2D eigenvalue weighted by atomic mass is 14.9. The highest BCUT2D eigenvalue weighted by Crippen LogP contribution is 2.28. The van der Waals surface area contributed by atoms with E-state index in [4.69, 9.17) is 0 Å². The molecule has 16 heavy (non-hydrogen) atoms. The van der Waals surface area contributed by atoms with Crippen molar-refractivity contribution in [1.29, 1.82) is 0 Å². The maximum absolute atomic E-state index is 3.66. The molecule has 1 unspecified atom stereocenters. The minimum atomic E-state index is 0.200. The Kier molecular flexibility index (Phi) is 5.01. The van der Waals surface area contributed by atoms with Gasteiger partial charge in [0.1, 0.15) is 0 Å². The Morgan fingerprint density at radius 2 is 1.75 bits per heavy atom. The van der Waals surface area contributed by atoms with Crippen LogP contribution in [0.5, 0.6) is 0 Å². The number of hydrogen-bond donors (Lipinski definition) is 1. The van der Waals surface area contributed by atoms with Crippen molar-refractivity contribution in [1.82, 2.24) is 5.32 Å². The molecule has 0 amide bonds. The topological polar surface area (TPSA) is 12.0 Å². The smallest absolute Gasteiger partial charge is 0.0156 e. The summed E-state index contributed by atoms with van der Waals surface area (Å²) in [5, 5.41) is 3.66. The van der Waals surface area contributed by atoms with Crippen LogP contribution in [0.3, 0.4) is 0 Å². The third-order valence-corrected chi connectivity index (χ3v) is 3.44. The molecule has 1 aromatic rings. The van der Waals surface area contributed by atoms with Crippen molar-refractivity contribution >= 4 is 0 Å². The molecule has 1 aromatic carbocycles. The van der Waals surface area contributed by atoms with Crippen LogP contribution in [-0.4, -0.2) is 12.6 Å². The Morgan fingerprint density at radius 1 is 1.12 bits per heavy atom. The zero-order valence-corrected chi connectivity index (χ0v) is 11.1. The monoisotopic (exact) mass is 219 g/mol. The summed E-state index contributed by atoms with van der Waals surface area (Å²) in [6.07, 6.45) is 2.36. The van der Waals surface area contributed by atoms with E-state index in [1.54, 1.807) is 0 Å². The van der Waals surface area contributed by atoms with Crippen LogP contribution in [0.1, 0.15) is 46.1 Å². The van der Waals surface area contributed by atoms with E-state index in [0.29, 0.717) is 6.04 Å². The Hall–Kier alpha value is -0.820. The number of hydrogen-bond acceptors (Lipinski definition) is 1. The second-order valence-corrected chi connectivity index (χ2v) is 5.00. The molecule has 1 heteroatoms. The molecular weight excluding hydrogens is 194 g/mol. The van der Waals surface area contributed by atoms with E-state index in [9.17, 15) is 0 Å². The van der Waals surface area contributed by atoms with Crippen molar-refractivity contribution in [2.45, 2.75) is 52.0 Å². The third kappa shape index (κ3) is 3.08. The van der Waals surface area contributed by atoms with Crippen molar-refractivity contribution in [3.63, 3.8) is 0 Å². The molecule has 0 heterocycles. The van der Waals surface area contributed by atoms with Crippen LogP contribution < -0.4 is 5.32 Å². The van der Waals surface area contributed by atoms with E-state index in [-0.39, 0.29) is 5.41 Å². The van der Waals surface area contributed by atoms with Crippen molar-refractivity contribution in [2.24, 2.45) is 0 Å². The van der Waals surface area contributed by atoms with Gasteiger partial charge in [-0.15, -0.1) is 0 Å². The van der Waals surface area contributed by atoms with Gasteiger partial charge in [-0.3, -0.25) is 0 Å². The lowest BCUT2D eigenvalue weighted by atomic mass is 9.76. The first-order valence-corrected chi connectivity index (χ1v) is 6.41. The summed E-state index contributed by atoms with van der Waals surface area (Å²) < 4.78 is 0. The second kappa shape index (κ2) is 6.05. The van der Waals surface area contributed by atoms with Gasteiger partial charge in [0.2, 0.25) is 0 Å². The summed E-state index contributed by atoms with van der Waals surface area (Å²) in [6.45, 7) is 10.3. The first-order valence-electron chi connectivity index (χ1n) is 6.41. The molecule has 0 aliphatic carbocycles. The molecule has 1 rings (SSSR count). The molecule has 1 atom stereocenters.